The largest absolute Gasteiger partial charge is 0.360 e. The molecule has 1 heterocycles. The lowest BCUT2D eigenvalue weighted by atomic mass is 9.80. The number of piperidine rings is 1. The fourth-order valence-corrected chi connectivity index (χ4v) is 4.09. The molecule has 0 aromatic heterocycles. The van der Waals surface area contributed by atoms with E-state index >= 15 is 0 Å². The molecule has 0 bridgehead atoms. The summed E-state index contributed by atoms with van der Waals surface area (Å²) < 4.78 is 0. The minimum Gasteiger partial charge on any atom is -0.360 e. The van der Waals surface area contributed by atoms with Crippen molar-refractivity contribution < 1.29 is 0 Å². The van der Waals surface area contributed by atoms with Crippen LogP contribution in [0.5, 0.6) is 0 Å². The minimum atomic E-state index is 0.0763. The summed E-state index contributed by atoms with van der Waals surface area (Å²) in [5, 5.41) is 12.0. The Hall–Kier alpha value is -0.550. The van der Waals surface area contributed by atoms with Crippen molar-refractivity contribution in [3.63, 3.8) is 0 Å². The van der Waals surface area contributed by atoms with Crippen molar-refractivity contribution in [3.8, 4) is 0 Å². The highest BCUT2D eigenvalue weighted by Gasteiger charge is 2.37. The summed E-state index contributed by atoms with van der Waals surface area (Å²) in [7, 11) is 0. The van der Waals surface area contributed by atoms with E-state index in [0.717, 1.165) is 18.5 Å². The van der Waals surface area contributed by atoms with Gasteiger partial charge in [0.1, 0.15) is 0 Å². The summed E-state index contributed by atoms with van der Waals surface area (Å²) in [5.41, 5.74) is 0.913. The average molecular weight is 360 g/mol. The third-order valence-electron chi connectivity index (χ3n) is 3.70. The molecular formula is C16H23Cl2N3S. The summed E-state index contributed by atoms with van der Waals surface area (Å²) in [6, 6.07) is 5.63. The normalized spacial score (nSPS) is 20.5. The smallest absolute Gasteiger partial charge is 0.171 e. The number of halogens is 2. The van der Waals surface area contributed by atoms with E-state index in [9.17, 15) is 0 Å². The predicted octanol–water partition coefficient (Wildman–Crippen LogP) is 4.59. The van der Waals surface area contributed by atoms with Gasteiger partial charge < -0.3 is 16.0 Å². The summed E-state index contributed by atoms with van der Waals surface area (Å²) in [6.07, 6.45) is 2.01. The molecule has 0 saturated carbocycles. The van der Waals surface area contributed by atoms with Gasteiger partial charge in [-0.25, -0.2) is 0 Å². The van der Waals surface area contributed by atoms with Crippen molar-refractivity contribution in [2.45, 2.75) is 57.7 Å². The van der Waals surface area contributed by atoms with E-state index < -0.39 is 0 Å². The first kappa shape index (κ1) is 17.8. The van der Waals surface area contributed by atoms with Gasteiger partial charge in [-0.2, -0.15) is 0 Å². The van der Waals surface area contributed by atoms with E-state index in [4.69, 9.17) is 35.4 Å². The average Bonchev–Trinajstić information content (AvgIpc) is 2.28. The Bertz CT molecular complexity index is 557. The van der Waals surface area contributed by atoms with Gasteiger partial charge >= 0.3 is 0 Å². The van der Waals surface area contributed by atoms with Gasteiger partial charge in [-0.3, -0.25) is 0 Å². The van der Waals surface area contributed by atoms with Crippen LogP contribution in [-0.4, -0.2) is 22.2 Å². The van der Waals surface area contributed by atoms with Gasteiger partial charge in [-0.1, -0.05) is 23.2 Å². The number of hydrogen-bond donors (Lipinski definition) is 3. The Kier molecular flexibility index (Phi) is 5.27. The van der Waals surface area contributed by atoms with Crippen molar-refractivity contribution in [2.75, 3.05) is 5.32 Å². The summed E-state index contributed by atoms with van der Waals surface area (Å²) in [4.78, 5) is 0. The minimum absolute atomic E-state index is 0.0763. The molecule has 1 aliphatic heterocycles. The molecule has 6 heteroatoms. The van der Waals surface area contributed by atoms with Crippen LogP contribution < -0.4 is 16.0 Å². The van der Waals surface area contributed by atoms with Crippen LogP contribution in [-0.2, 0) is 0 Å². The molecule has 0 unspecified atom stereocenters. The lowest BCUT2D eigenvalue weighted by Gasteiger charge is -2.46. The second-order valence-electron chi connectivity index (χ2n) is 7.22. The SMILES string of the molecule is CC1(C)CC(NC(=S)Nc2ccc(Cl)cc2Cl)CC(C)(C)N1. The Balaban J connectivity index is 1.99. The van der Waals surface area contributed by atoms with Gasteiger partial charge in [0, 0.05) is 22.1 Å². The molecule has 1 aromatic carbocycles. The fourth-order valence-electron chi connectivity index (χ4n) is 3.36. The van der Waals surface area contributed by atoms with Crippen LogP contribution >= 0.6 is 35.4 Å². The Labute approximate surface area is 148 Å². The van der Waals surface area contributed by atoms with Crippen LogP contribution in [0.25, 0.3) is 0 Å². The maximum absolute atomic E-state index is 6.16. The molecule has 122 valence electrons. The molecule has 0 radical (unpaired) electrons. The van der Waals surface area contributed by atoms with Crippen LogP contribution in [0.15, 0.2) is 18.2 Å². The molecule has 0 aliphatic carbocycles. The number of nitrogens with one attached hydrogen (secondary N) is 3. The van der Waals surface area contributed by atoms with E-state index in [1.165, 1.54) is 0 Å². The number of rotatable bonds is 2. The lowest BCUT2D eigenvalue weighted by molar-refractivity contribution is 0.156. The molecule has 1 aromatic rings. The van der Waals surface area contributed by atoms with Crippen LogP contribution in [0.3, 0.4) is 0 Å². The Morgan fingerprint density at radius 3 is 2.32 bits per heavy atom. The van der Waals surface area contributed by atoms with Gasteiger partial charge in [0.2, 0.25) is 0 Å². The quantitative estimate of drug-likeness (QED) is 0.675. The first-order valence-electron chi connectivity index (χ1n) is 7.38. The molecule has 0 amide bonds. The molecule has 1 fully saturated rings. The number of benzene rings is 1. The maximum Gasteiger partial charge on any atom is 0.171 e. The molecule has 3 N–H and O–H groups in total. The molecule has 0 atom stereocenters. The second kappa shape index (κ2) is 6.52. The Morgan fingerprint density at radius 1 is 1.18 bits per heavy atom. The monoisotopic (exact) mass is 359 g/mol. The predicted molar refractivity (Wildman–Crippen MR) is 100 cm³/mol. The second-order valence-corrected chi connectivity index (χ2v) is 8.47. The van der Waals surface area contributed by atoms with E-state index in [1.807, 2.05) is 6.07 Å². The van der Waals surface area contributed by atoms with E-state index in [1.54, 1.807) is 12.1 Å². The molecule has 1 saturated heterocycles. The molecule has 3 nitrogen and oxygen atoms in total. The number of anilines is 1. The highest BCUT2D eigenvalue weighted by Crippen LogP contribution is 2.29. The lowest BCUT2D eigenvalue weighted by Crippen LogP contribution is -2.62. The third-order valence-corrected chi connectivity index (χ3v) is 4.47. The van der Waals surface area contributed by atoms with Crippen LogP contribution in [0.4, 0.5) is 5.69 Å². The van der Waals surface area contributed by atoms with E-state index in [-0.39, 0.29) is 11.1 Å². The standard InChI is InChI=1S/C16H23Cl2N3S/c1-15(2)8-11(9-16(3,4)21-15)19-14(22)20-13-6-5-10(17)7-12(13)18/h5-7,11,21H,8-9H2,1-4H3,(H2,19,20,22). The topological polar surface area (TPSA) is 36.1 Å². The summed E-state index contributed by atoms with van der Waals surface area (Å²) in [5.74, 6) is 0. The Morgan fingerprint density at radius 2 is 1.77 bits per heavy atom. The zero-order chi connectivity index (χ0) is 16.5. The van der Waals surface area contributed by atoms with Crippen molar-refractivity contribution in [2.24, 2.45) is 0 Å². The van der Waals surface area contributed by atoms with Crippen molar-refractivity contribution in [1.29, 1.82) is 0 Å². The van der Waals surface area contributed by atoms with Crippen molar-refractivity contribution in [3.05, 3.63) is 28.2 Å². The van der Waals surface area contributed by atoms with E-state index in [0.29, 0.717) is 21.2 Å². The van der Waals surface area contributed by atoms with Crippen molar-refractivity contribution >= 4 is 46.2 Å². The molecule has 22 heavy (non-hydrogen) atoms. The third kappa shape index (κ3) is 4.98. The first-order valence-corrected chi connectivity index (χ1v) is 8.55. The zero-order valence-corrected chi connectivity index (χ0v) is 15.7. The summed E-state index contributed by atoms with van der Waals surface area (Å²) in [6.45, 7) is 8.87. The molecule has 0 spiro atoms. The van der Waals surface area contributed by atoms with Crippen molar-refractivity contribution in [1.82, 2.24) is 10.6 Å². The van der Waals surface area contributed by atoms with Gasteiger partial charge in [0.05, 0.1) is 10.7 Å². The zero-order valence-electron chi connectivity index (χ0n) is 13.4. The number of thiocarbonyl (C=S) groups is 1. The summed E-state index contributed by atoms with van der Waals surface area (Å²) >= 11 is 17.5. The highest BCUT2D eigenvalue weighted by atomic mass is 35.5. The van der Waals surface area contributed by atoms with Gasteiger partial charge in [-0.15, -0.1) is 0 Å². The molecule has 1 aliphatic rings. The molecule has 2 rings (SSSR count). The van der Waals surface area contributed by atoms with Crippen LogP contribution in [0.2, 0.25) is 10.0 Å². The number of hydrogen-bond acceptors (Lipinski definition) is 2. The van der Waals surface area contributed by atoms with Gasteiger partial charge in [-0.05, 0) is 71.0 Å². The van der Waals surface area contributed by atoms with Crippen LogP contribution in [0, 0.1) is 0 Å². The molecular weight excluding hydrogens is 337 g/mol. The van der Waals surface area contributed by atoms with Gasteiger partial charge in [0.15, 0.2) is 5.11 Å². The fraction of sp³-hybridized carbons (Fsp3) is 0.562. The highest BCUT2D eigenvalue weighted by molar-refractivity contribution is 7.80. The van der Waals surface area contributed by atoms with Crippen LogP contribution in [0.1, 0.15) is 40.5 Å². The van der Waals surface area contributed by atoms with Gasteiger partial charge in [0.25, 0.3) is 0 Å². The maximum atomic E-state index is 6.16. The first-order chi connectivity index (χ1) is 10.1. The van der Waals surface area contributed by atoms with E-state index in [2.05, 4.69) is 43.6 Å².